The molecule has 22 heavy (non-hydrogen) atoms. The Morgan fingerprint density at radius 1 is 1.41 bits per heavy atom. The summed E-state index contributed by atoms with van der Waals surface area (Å²) in [4.78, 5) is 14.7. The van der Waals surface area contributed by atoms with E-state index < -0.39 is 0 Å². The lowest BCUT2D eigenvalue weighted by atomic mass is 10.1. The van der Waals surface area contributed by atoms with E-state index in [1.54, 1.807) is 19.2 Å². The number of ether oxygens (including phenoxy) is 1. The van der Waals surface area contributed by atoms with E-state index >= 15 is 0 Å². The van der Waals surface area contributed by atoms with E-state index in [-0.39, 0.29) is 5.91 Å². The van der Waals surface area contributed by atoms with Gasteiger partial charge in [0, 0.05) is 17.8 Å². The molecule has 0 saturated heterocycles. The van der Waals surface area contributed by atoms with Crippen LogP contribution in [-0.4, -0.2) is 36.5 Å². The van der Waals surface area contributed by atoms with E-state index in [0.29, 0.717) is 35.1 Å². The van der Waals surface area contributed by atoms with Crippen LogP contribution in [0, 0.1) is 5.92 Å². The van der Waals surface area contributed by atoms with Crippen molar-refractivity contribution in [1.82, 2.24) is 4.90 Å². The number of nitrogens with one attached hydrogen (secondary N) is 1. The predicted octanol–water partition coefficient (Wildman–Crippen LogP) is 3.55. The quantitative estimate of drug-likeness (QED) is 0.834. The third-order valence-corrected chi connectivity index (χ3v) is 4.90. The molecule has 0 bridgehead atoms. The van der Waals surface area contributed by atoms with Crippen molar-refractivity contribution in [2.75, 3.05) is 19.0 Å². The Balaban J connectivity index is 1.59. The molecule has 0 aliphatic heterocycles. The van der Waals surface area contributed by atoms with Crippen LogP contribution in [0.1, 0.15) is 32.6 Å². The van der Waals surface area contributed by atoms with Gasteiger partial charge in [0.2, 0.25) is 5.91 Å². The number of nitrogens with zero attached hydrogens (tertiary/aromatic N) is 1. The number of hydrogen-bond acceptors (Lipinski definition) is 3. The van der Waals surface area contributed by atoms with Gasteiger partial charge in [0.25, 0.3) is 0 Å². The summed E-state index contributed by atoms with van der Waals surface area (Å²) in [6.45, 7) is 2.72. The lowest BCUT2D eigenvalue weighted by molar-refractivity contribution is -0.118. The highest BCUT2D eigenvalue weighted by Gasteiger charge is 2.39. The molecule has 0 heterocycles. The molecule has 0 spiro atoms. The smallest absolute Gasteiger partial charge is 0.238 e. The summed E-state index contributed by atoms with van der Waals surface area (Å²) in [6.07, 6.45) is 5.05. The van der Waals surface area contributed by atoms with Gasteiger partial charge in [-0.25, -0.2) is 0 Å². The molecular weight excluding hydrogens is 300 g/mol. The van der Waals surface area contributed by atoms with Gasteiger partial charge in [-0.05, 0) is 56.7 Å². The van der Waals surface area contributed by atoms with Crippen molar-refractivity contribution in [3.8, 4) is 5.75 Å². The molecule has 1 N–H and O–H groups in total. The Labute approximate surface area is 136 Å². The second kappa shape index (κ2) is 6.47. The maximum absolute atomic E-state index is 12.3. The lowest BCUT2D eigenvalue weighted by Crippen LogP contribution is -2.42. The zero-order chi connectivity index (χ0) is 15.7. The molecule has 1 unspecified atom stereocenters. The Morgan fingerprint density at radius 2 is 2.14 bits per heavy atom. The van der Waals surface area contributed by atoms with Crippen molar-refractivity contribution in [3.05, 3.63) is 23.2 Å². The first-order chi connectivity index (χ1) is 10.6. The minimum absolute atomic E-state index is 0.0284. The summed E-state index contributed by atoms with van der Waals surface area (Å²) >= 11 is 6.09. The molecule has 2 aliphatic rings. The SMILES string of the molecule is COc1ccc(NC(=O)CN(C2CC2)C(C)C2CC2)cc1Cl. The fourth-order valence-corrected chi connectivity index (χ4v) is 3.23. The monoisotopic (exact) mass is 322 g/mol. The second-order valence-electron chi connectivity index (χ2n) is 6.38. The number of rotatable bonds is 7. The zero-order valence-electron chi connectivity index (χ0n) is 13.1. The summed E-state index contributed by atoms with van der Waals surface area (Å²) in [5.74, 6) is 1.42. The number of benzene rings is 1. The van der Waals surface area contributed by atoms with Crippen molar-refractivity contribution in [1.29, 1.82) is 0 Å². The molecule has 2 saturated carbocycles. The molecule has 1 amide bonds. The summed E-state index contributed by atoms with van der Waals surface area (Å²) in [7, 11) is 1.58. The highest BCUT2D eigenvalue weighted by atomic mass is 35.5. The lowest BCUT2D eigenvalue weighted by Gasteiger charge is -2.28. The first-order valence-electron chi connectivity index (χ1n) is 7.97. The van der Waals surface area contributed by atoms with Gasteiger partial charge in [-0.3, -0.25) is 9.69 Å². The van der Waals surface area contributed by atoms with Crippen LogP contribution in [0.4, 0.5) is 5.69 Å². The number of methoxy groups -OCH3 is 1. The predicted molar refractivity (Wildman–Crippen MR) is 88.5 cm³/mol. The van der Waals surface area contributed by atoms with Crippen LogP contribution < -0.4 is 10.1 Å². The second-order valence-corrected chi connectivity index (χ2v) is 6.79. The van der Waals surface area contributed by atoms with Crippen LogP contribution in [0.3, 0.4) is 0 Å². The van der Waals surface area contributed by atoms with Crippen LogP contribution in [0.5, 0.6) is 5.75 Å². The van der Waals surface area contributed by atoms with Crippen molar-refractivity contribution >= 4 is 23.2 Å². The molecule has 120 valence electrons. The molecule has 1 atom stereocenters. The number of hydrogen-bond donors (Lipinski definition) is 1. The van der Waals surface area contributed by atoms with E-state index in [0.717, 1.165) is 5.92 Å². The first kappa shape index (κ1) is 15.6. The highest BCUT2D eigenvalue weighted by Crippen LogP contribution is 2.39. The summed E-state index contributed by atoms with van der Waals surface area (Å²) in [5.41, 5.74) is 0.714. The summed E-state index contributed by atoms with van der Waals surface area (Å²) in [6, 6.07) is 6.42. The largest absolute Gasteiger partial charge is 0.495 e. The van der Waals surface area contributed by atoms with Gasteiger partial charge in [-0.1, -0.05) is 11.6 Å². The van der Waals surface area contributed by atoms with Gasteiger partial charge in [0.1, 0.15) is 5.75 Å². The summed E-state index contributed by atoms with van der Waals surface area (Å²) < 4.78 is 5.12. The van der Waals surface area contributed by atoms with Gasteiger partial charge in [0.05, 0.1) is 18.7 Å². The molecule has 0 radical (unpaired) electrons. The average molecular weight is 323 g/mol. The topological polar surface area (TPSA) is 41.6 Å². The normalized spacial score (nSPS) is 19.1. The summed E-state index contributed by atoms with van der Waals surface area (Å²) in [5, 5.41) is 3.45. The Morgan fingerprint density at radius 3 is 2.68 bits per heavy atom. The van der Waals surface area contributed by atoms with Crippen LogP contribution in [0.2, 0.25) is 5.02 Å². The third-order valence-electron chi connectivity index (χ3n) is 4.60. The van der Waals surface area contributed by atoms with Crippen LogP contribution >= 0.6 is 11.6 Å². The number of carbonyl (C=O) groups is 1. The molecular formula is C17H23ClN2O2. The maximum atomic E-state index is 12.3. The Hall–Kier alpha value is -1.26. The number of anilines is 1. The van der Waals surface area contributed by atoms with Crippen molar-refractivity contribution < 1.29 is 9.53 Å². The fourth-order valence-electron chi connectivity index (χ4n) is 2.97. The molecule has 2 aliphatic carbocycles. The molecule has 1 aromatic carbocycles. The van der Waals surface area contributed by atoms with E-state index in [9.17, 15) is 4.79 Å². The van der Waals surface area contributed by atoms with Gasteiger partial charge < -0.3 is 10.1 Å². The highest BCUT2D eigenvalue weighted by molar-refractivity contribution is 6.32. The average Bonchev–Trinajstić information content (AvgIpc) is 3.37. The molecule has 5 heteroatoms. The minimum Gasteiger partial charge on any atom is -0.495 e. The van der Waals surface area contributed by atoms with Crippen LogP contribution in [0.25, 0.3) is 0 Å². The van der Waals surface area contributed by atoms with E-state index in [4.69, 9.17) is 16.3 Å². The number of halogens is 1. The molecule has 0 aromatic heterocycles. The van der Waals surface area contributed by atoms with E-state index in [1.165, 1.54) is 25.7 Å². The first-order valence-corrected chi connectivity index (χ1v) is 8.35. The number of amides is 1. The number of carbonyl (C=O) groups excluding carboxylic acids is 1. The molecule has 2 fully saturated rings. The fraction of sp³-hybridized carbons (Fsp3) is 0.588. The third kappa shape index (κ3) is 3.73. The van der Waals surface area contributed by atoms with Gasteiger partial charge in [0.15, 0.2) is 0 Å². The van der Waals surface area contributed by atoms with Crippen molar-refractivity contribution in [2.24, 2.45) is 5.92 Å². The van der Waals surface area contributed by atoms with Crippen molar-refractivity contribution in [2.45, 2.75) is 44.7 Å². The molecule has 3 rings (SSSR count). The van der Waals surface area contributed by atoms with Gasteiger partial charge in [-0.2, -0.15) is 0 Å². The van der Waals surface area contributed by atoms with E-state index in [2.05, 4.69) is 17.1 Å². The minimum atomic E-state index is 0.0284. The van der Waals surface area contributed by atoms with Crippen LogP contribution in [0.15, 0.2) is 18.2 Å². The molecule has 4 nitrogen and oxygen atoms in total. The van der Waals surface area contributed by atoms with Crippen molar-refractivity contribution in [3.63, 3.8) is 0 Å². The van der Waals surface area contributed by atoms with E-state index in [1.807, 2.05) is 6.07 Å². The maximum Gasteiger partial charge on any atom is 0.238 e. The van der Waals surface area contributed by atoms with Gasteiger partial charge in [-0.15, -0.1) is 0 Å². The zero-order valence-corrected chi connectivity index (χ0v) is 13.9. The van der Waals surface area contributed by atoms with Crippen LogP contribution in [-0.2, 0) is 4.79 Å². The standard InChI is InChI=1S/C17H23ClN2O2/c1-11(12-3-4-12)20(14-6-7-14)10-17(21)19-13-5-8-16(22-2)15(18)9-13/h5,8-9,11-12,14H,3-4,6-7,10H2,1-2H3,(H,19,21). The Bertz CT molecular complexity index is 556. The van der Waals surface area contributed by atoms with Gasteiger partial charge >= 0.3 is 0 Å². The Kier molecular flexibility index (Phi) is 4.59. The molecule has 1 aromatic rings.